The number of hydrogen-bond donors (Lipinski definition) is 4. The molecule has 0 aliphatic carbocycles. The van der Waals surface area contributed by atoms with E-state index in [1.54, 1.807) is 24.5 Å². The van der Waals surface area contributed by atoms with Crippen molar-refractivity contribution in [3.63, 3.8) is 0 Å². The molecule has 0 spiro atoms. The first-order valence-electron chi connectivity index (χ1n) is 15.0. The highest BCUT2D eigenvalue weighted by Gasteiger charge is 2.23. The number of nitrogens with one attached hydrogen (secondary N) is 2. The summed E-state index contributed by atoms with van der Waals surface area (Å²) in [5, 5.41) is 27.9. The SMILES string of the molecule is CC(C)(C)Cc1noc(-c2cnc(-c3ccc(C[C@H](NC(=O)c4ccc(C(C)(C)C)cc4)C(=O)NCCC(O)O)cc3)nc2)n1. The number of aliphatic hydroxyl groups is 2. The Morgan fingerprint density at radius 2 is 1.53 bits per heavy atom. The Morgan fingerprint density at radius 1 is 0.889 bits per heavy atom. The maximum absolute atomic E-state index is 13.1. The maximum atomic E-state index is 13.1. The lowest BCUT2D eigenvalue weighted by atomic mass is 9.86. The van der Waals surface area contributed by atoms with Gasteiger partial charge < -0.3 is 25.4 Å². The molecule has 0 radical (unpaired) electrons. The molecule has 4 N–H and O–H groups in total. The van der Waals surface area contributed by atoms with Crippen molar-refractivity contribution in [2.75, 3.05) is 6.54 Å². The van der Waals surface area contributed by atoms with Crippen molar-refractivity contribution in [3.8, 4) is 22.8 Å². The second-order valence-electron chi connectivity index (χ2n) is 13.4. The van der Waals surface area contributed by atoms with E-state index in [9.17, 15) is 9.59 Å². The van der Waals surface area contributed by atoms with Crippen LogP contribution in [0, 0.1) is 5.41 Å². The third-order valence-electron chi connectivity index (χ3n) is 7.04. The highest BCUT2D eigenvalue weighted by molar-refractivity contribution is 5.97. The zero-order chi connectivity index (χ0) is 32.8. The predicted octanol–water partition coefficient (Wildman–Crippen LogP) is 4.24. The fourth-order valence-electron chi connectivity index (χ4n) is 4.55. The van der Waals surface area contributed by atoms with E-state index in [0.717, 1.165) is 16.7 Å². The molecule has 2 aromatic carbocycles. The molecule has 2 heterocycles. The number of rotatable bonds is 11. The quantitative estimate of drug-likeness (QED) is 0.181. The second kappa shape index (κ2) is 14.1. The first-order chi connectivity index (χ1) is 21.2. The number of aliphatic hydroxyl groups excluding tert-OH is 1. The van der Waals surface area contributed by atoms with Crippen LogP contribution in [-0.2, 0) is 23.1 Å². The number of carbonyl (C=O) groups is 2. The van der Waals surface area contributed by atoms with Gasteiger partial charge in [-0.2, -0.15) is 4.98 Å². The van der Waals surface area contributed by atoms with Crippen molar-refractivity contribution in [2.45, 2.75) is 78.6 Å². The smallest absolute Gasteiger partial charge is 0.261 e. The summed E-state index contributed by atoms with van der Waals surface area (Å²) >= 11 is 0. The van der Waals surface area contributed by atoms with Crippen molar-refractivity contribution in [1.29, 1.82) is 0 Å². The van der Waals surface area contributed by atoms with Gasteiger partial charge in [-0.25, -0.2) is 9.97 Å². The van der Waals surface area contributed by atoms with Crippen molar-refractivity contribution in [1.82, 2.24) is 30.7 Å². The number of benzene rings is 2. The lowest BCUT2D eigenvalue weighted by Crippen LogP contribution is -2.48. The largest absolute Gasteiger partial charge is 0.368 e. The minimum Gasteiger partial charge on any atom is -0.368 e. The van der Waals surface area contributed by atoms with Crippen LogP contribution in [-0.4, -0.2) is 61.0 Å². The summed E-state index contributed by atoms with van der Waals surface area (Å²) in [5.74, 6) is 0.689. The summed E-state index contributed by atoms with van der Waals surface area (Å²) < 4.78 is 5.40. The van der Waals surface area contributed by atoms with Crippen LogP contribution in [0.2, 0.25) is 0 Å². The molecule has 2 aromatic heterocycles. The average molecular weight is 615 g/mol. The predicted molar refractivity (Wildman–Crippen MR) is 170 cm³/mol. The molecule has 4 aromatic rings. The van der Waals surface area contributed by atoms with E-state index in [4.69, 9.17) is 14.7 Å². The van der Waals surface area contributed by atoms with Crippen molar-refractivity contribution < 1.29 is 24.3 Å². The molecule has 0 fully saturated rings. The van der Waals surface area contributed by atoms with Gasteiger partial charge in [0.2, 0.25) is 5.91 Å². The summed E-state index contributed by atoms with van der Waals surface area (Å²) in [6.07, 6.45) is 2.60. The van der Waals surface area contributed by atoms with E-state index in [1.807, 2.05) is 36.4 Å². The van der Waals surface area contributed by atoms with Gasteiger partial charge in [0.25, 0.3) is 11.8 Å². The topological polar surface area (TPSA) is 163 Å². The Balaban J connectivity index is 1.45. The molecule has 0 aliphatic rings. The van der Waals surface area contributed by atoms with Crippen molar-refractivity contribution in [2.24, 2.45) is 5.41 Å². The third kappa shape index (κ3) is 9.75. The highest BCUT2D eigenvalue weighted by Crippen LogP contribution is 2.24. The van der Waals surface area contributed by atoms with E-state index >= 15 is 0 Å². The number of amides is 2. The van der Waals surface area contributed by atoms with Crippen LogP contribution in [0.3, 0.4) is 0 Å². The van der Waals surface area contributed by atoms with Crippen LogP contribution in [0.1, 0.15) is 75.3 Å². The Labute approximate surface area is 263 Å². The summed E-state index contributed by atoms with van der Waals surface area (Å²) in [7, 11) is 0. The molecule has 1 atom stereocenters. The molecule has 0 saturated carbocycles. The van der Waals surface area contributed by atoms with E-state index in [1.165, 1.54) is 0 Å². The monoisotopic (exact) mass is 614 g/mol. The van der Waals surface area contributed by atoms with Gasteiger partial charge in [0.15, 0.2) is 17.9 Å². The number of nitrogens with zero attached hydrogens (tertiary/aromatic N) is 4. The van der Waals surface area contributed by atoms with Crippen LogP contribution in [0.25, 0.3) is 22.8 Å². The standard InChI is InChI=1S/C34H42N6O5/c1-33(2,3)18-27-39-32(45-40-27)24-19-36-29(37-20-24)22-9-7-21(8-10-22)17-26(31(44)35-16-15-28(41)42)38-30(43)23-11-13-25(14-12-23)34(4,5)6/h7-14,19-20,26,28,41-42H,15-18H2,1-6H3,(H,35,44)(H,38,43)/t26-/m0/s1. The zero-order valence-electron chi connectivity index (χ0n) is 26.7. The summed E-state index contributed by atoms with van der Waals surface area (Å²) in [6.45, 7) is 12.7. The minimum atomic E-state index is -1.54. The first kappa shape index (κ1) is 33.4. The molecular formula is C34H42N6O5. The summed E-state index contributed by atoms with van der Waals surface area (Å²) in [6, 6.07) is 13.8. The lowest BCUT2D eigenvalue weighted by Gasteiger charge is -2.21. The Bertz CT molecular complexity index is 1570. The molecule has 0 saturated heterocycles. The fraction of sp³-hybridized carbons (Fsp3) is 0.412. The van der Waals surface area contributed by atoms with Gasteiger partial charge in [-0.1, -0.05) is 83.1 Å². The van der Waals surface area contributed by atoms with Gasteiger partial charge in [0.05, 0.1) is 5.56 Å². The molecule has 11 nitrogen and oxygen atoms in total. The number of carbonyl (C=O) groups excluding carboxylic acids is 2. The van der Waals surface area contributed by atoms with Gasteiger partial charge in [-0.3, -0.25) is 9.59 Å². The first-order valence-corrected chi connectivity index (χ1v) is 15.0. The Hall–Kier alpha value is -4.48. The third-order valence-corrected chi connectivity index (χ3v) is 7.04. The molecule has 0 unspecified atom stereocenters. The summed E-state index contributed by atoms with van der Waals surface area (Å²) in [5.41, 5.74) is 3.70. The second-order valence-corrected chi connectivity index (χ2v) is 13.4. The zero-order valence-corrected chi connectivity index (χ0v) is 26.7. The fourth-order valence-corrected chi connectivity index (χ4v) is 4.55. The molecular weight excluding hydrogens is 572 g/mol. The Kier molecular flexibility index (Phi) is 10.5. The van der Waals surface area contributed by atoms with Gasteiger partial charge in [0.1, 0.15) is 6.04 Å². The number of hydrogen-bond acceptors (Lipinski definition) is 9. The average Bonchev–Trinajstić information content (AvgIpc) is 3.43. The van der Waals surface area contributed by atoms with E-state index in [2.05, 4.69) is 72.3 Å². The summed E-state index contributed by atoms with van der Waals surface area (Å²) in [4.78, 5) is 39.6. The van der Waals surface area contributed by atoms with Crippen molar-refractivity contribution >= 4 is 11.8 Å². The molecule has 2 amide bonds. The van der Waals surface area contributed by atoms with E-state index in [0.29, 0.717) is 35.1 Å². The normalized spacial score (nSPS) is 12.6. The van der Waals surface area contributed by atoms with Crippen LogP contribution < -0.4 is 10.6 Å². The molecule has 0 aliphatic heterocycles. The molecule has 0 bridgehead atoms. The lowest BCUT2D eigenvalue weighted by molar-refractivity contribution is -0.123. The highest BCUT2D eigenvalue weighted by atomic mass is 16.5. The van der Waals surface area contributed by atoms with E-state index < -0.39 is 18.2 Å². The van der Waals surface area contributed by atoms with Gasteiger partial charge in [-0.15, -0.1) is 0 Å². The van der Waals surface area contributed by atoms with E-state index in [-0.39, 0.29) is 36.1 Å². The molecule has 11 heteroatoms. The van der Waals surface area contributed by atoms with Crippen LogP contribution in [0.4, 0.5) is 0 Å². The maximum Gasteiger partial charge on any atom is 0.261 e. The molecule has 45 heavy (non-hydrogen) atoms. The molecule has 4 rings (SSSR count). The van der Waals surface area contributed by atoms with Crippen LogP contribution in [0.5, 0.6) is 0 Å². The van der Waals surface area contributed by atoms with Crippen LogP contribution >= 0.6 is 0 Å². The Morgan fingerprint density at radius 3 is 2.11 bits per heavy atom. The van der Waals surface area contributed by atoms with Gasteiger partial charge in [0, 0.05) is 49.3 Å². The van der Waals surface area contributed by atoms with Gasteiger partial charge in [-0.05, 0) is 34.1 Å². The number of aromatic nitrogens is 4. The minimum absolute atomic E-state index is 0.0290. The van der Waals surface area contributed by atoms with Crippen LogP contribution in [0.15, 0.2) is 65.4 Å². The van der Waals surface area contributed by atoms with Gasteiger partial charge >= 0.3 is 0 Å². The molecule has 238 valence electrons. The van der Waals surface area contributed by atoms with Crippen molar-refractivity contribution in [3.05, 3.63) is 83.4 Å².